The fourth-order valence-electron chi connectivity index (χ4n) is 3.26. The molecule has 8 nitrogen and oxygen atoms in total. The van der Waals surface area contributed by atoms with Crippen molar-refractivity contribution < 1.29 is 22.7 Å². The lowest BCUT2D eigenvalue weighted by molar-refractivity contribution is -0.140. The molecule has 0 bridgehead atoms. The van der Waals surface area contributed by atoms with E-state index in [-0.39, 0.29) is 18.1 Å². The second kappa shape index (κ2) is 11.2. The number of hydrogen-bond acceptors (Lipinski definition) is 5. The molecule has 174 valence electrons. The third-order valence-electron chi connectivity index (χ3n) is 4.92. The predicted octanol–water partition coefficient (Wildman–Crippen LogP) is 2.67. The lowest BCUT2D eigenvalue weighted by Crippen LogP contribution is -2.51. The highest BCUT2D eigenvalue weighted by atomic mass is 35.5. The lowest BCUT2D eigenvalue weighted by atomic mass is 10.1. The number of carbonyl (C=O) groups excluding carboxylic acids is 2. The summed E-state index contributed by atoms with van der Waals surface area (Å²) in [4.78, 5) is 27.3. The van der Waals surface area contributed by atoms with Crippen LogP contribution >= 0.6 is 11.6 Å². The van der Waals surface area contributed by atoms with Crippen molar-refractivity contribution in [2.45, 2.75) is 25.9 Å². The first-order valence-electron chi connectivity index (χ1n) is 9.98. The average Bonchev–Trinajstić information content (AvgIpc) is 2.76. The maximum atomic E-state index is 13.4. The fraction of sp³-hybridized carbons (Fsp3) is 0.364. The molecule has 0 aromatic heterocycles. The van der Waals surface area contributed by atoms with Crippen LogP contribution in [0, 0.1) is 0 Å². The van der Waals surface area contributed by atoms with Crippen LogP contribution < -0.4 is 14.4 Å². The summed E-state index contributed by atoms with van der Waals surface area (Å²) < 4.78 is 31.1. The van der Waals surface area contributed by atoms with Crippen molar-refractivity contribution in [1.82, 2.24) is 10.2 Å². The number of ether oxygens (including phenoxy) is 1. The molecule has 0 heterocycles. The van der Waals surface area contributed by atoms with Crippen LogP contribution in [0.2, 0.25) is 5.02 Å². The second-order valence-electron chi connectivity index (χ2n) is 7.16. The van der Waals surface area contributed by atoms with E-state index in [1.807, 2.05) is 0 Å². The number of nitrogens with zero attached hydrogens (tertiary/aromatic N) is 2. The highest BCUT2D eigenvalue weighted by Gasteiger charge is 2.31. The van der Waals surface area contributed by atoms with Gasteiger partial charge in [0.1, 0.15) is 18.3 Å². The quantitative estimate of drug-likeness (QED) is 0.562. The summed E-state index contributed by atoms with van der Waals surface area (Å²) in [5.74, 6) is -0.182. The molecule has 0 aliphatic rings. The molecule has 0 saturated carbocycles. The highest BCUT2D eigenvalue weighted by Crippen LogP contribution is 2.23. The zero-order chi connectivity index (χ0) is 23.9. The van der Waals surface area contributed by atoms with E-state index < -0.39 is 28.5 Å². The van der Waals surface area contributed by atoms with E-state index in [0.717, 1.165) is 16.1 Å². The first kappa shape index (κ1) is 25.5. The summed E-state index contributed by atoms with van der Waals surface area (Å²) in [7, 11) is -0.743. The number of benzene rings is 2. The van der Waals surface area contributed by atoms with Gasteiger partial charge >= 0.3 is 0 Å². The van der Waals surface area contributed by atoms with Crippen LogP contribution in [-0.4, -0.2) is 58.1 Å². The minimum absolute atomic E-state index is 0.127. The Kier molecular flexibility index (Phi) is 8.91. The topological polar surface area (TPSA) is 96.0 Å². The lowest BCUT2D eigenvalue weighted by Gasteiger charge is -2.32. The molecule has 0 spiro atoms. The van der Waals surface area contributed by atoms with Gasteiger partial charge in [0, 0.05) is 18.6 Å². The molecule has 0 radical (unpaired) electrons. The van der Waals surface area contributed by atoms with Crippen LogP contribution in [0.5, 0.6) is 5.75 Å². The molecule has 2 aromatic rings. The number of carbonyl (C=O) groups is 2. The normalized spacial score (nSPS) is 12.0. The first-order valence-corrected chi connectivity index (χ1v) is 12.2. The van der Waals surface area contributed by atoms with E-state index >= 15 is 0 Å². The molecule has 2 rings (SSSR count). The van der Waals surface area contributed by atoms with Crippen molar-refractivity contribution in [2.24, 2.45) is 0 Å². The molecule has 0 unspecified atom stereocenters. The zero-order valence-corrected chi connectivity index (χ0v) is 20.1. The van der Waals surface area contributed by atoms with Crippen LogP contribution in [0.15, 0.2) is 48.5 Å². The van der Waals surface area contributed by atoms with Crippen LogP contribution in [0.4, 0.5) is 5.69 Å². The number of likely N-dealkylation sites (N-methyl/N-ethyl adjacent to an activating group) is 1. The number of hydrogen-bond donors (Lipinski definition) is 1. The van der Waals surface area contributed by atoms with E-state index in [9.17, 15) is 18.0 Å². The SMILES string of the molecule is CC[C@@H](C(=O)NC)N(Cc1ccc(OC)cc1)C(=O)CN(c1cccc(Cl)c1)S(C)(=O)=O. The third kappa shape index (κ3) is 6.61. The molecule has 32 heavy (non-hydrogen) atoms. The molecule has 0 aliphatic heterocycles. The molecule has 0 saturated heterocycles. The molecular formula is C22H28ClN3O5S. The Morgan fingerprint density at radius 3 is 2.31 bits per heavy atom. The molecule has 0 aliphatic carbocycles. The predicted molar refractivity (Wildman–Crippen MR) is 125 cm³/mol. The summed E-state index contributed by atoms with van der Waals surface area (Å²) in [6, 6.07) is 12.6. The van der Waals surface area contributed by atoms with Crippen molar-refractivity contribution in [1.29, 1.82) is 0 Å². The summed E-state index contributed by atoms with van der Waals surface area (Å²) in [5, 5.41) is 2.92. The largest absolute Gasteiger partial charge is 0.497 e. The van der Waals surface area contributed by atoms with Gasteiger partial charge in [0.05, 0.1) is 19.1 Å². The minimum atomic E-state index is -3.79. The Labute approximate surface area is 194 Å². The first-order chi connectivity index (χ1) is 15.1. The van der Waals surface area contributed by atoms with Crippen LogP contribution in [0.3, 0.4) is 0 Å². The van der Waals surface area contributed by atoms with Crippen LogP contribution in [-0.2, 0) is 26.2 Å². The highest BCUT2D eigenvalue weighted by molar-refractivity contribution is 7.92. The van der Waals surface area contributed by atoms with Crippen molar-refractivity contribution in [2.75, 3.05) is 31.3 Å². The molecule has 2 aromatic carbocycles. The third-order valence-corrected chi connectivity index (χ3v) is 6.30. The van der Waals surface area contributed by atoms with Gasteiger partial charge in [0.2, 0.25) is 21.8 Å². The van der Waals surface area contributed by atoms with Gasteiger partial charge in [-0.05, 0) is 42.3 Å². The molecular weight excluding hydrogens is 454 g/mol. The van der Waals surface area contributed by atoms with E-state index in [4.69, 9.17) is 16.3 Å². The van der Waals surface area contributed by atoms with E-state index in [1.165, 1.54) is 18.0 Å². The number of halogens is 1. The van der Waals surface area contributed by atoms with Gasteiger partial charge in [-0.3, -0.25) is 13.9 Å². The molecule has 0 fully saturated rings. The summed E-state index contributed by atoms with van der Waals surface area (Å²) in [6.45, 7) is 1.45. The van der Waals surface area contributed by atoms with Gasteiger partial charge in [0.15, 0.2) is 0 Å². The van der Waals surface area contributed by atoms with Gasteiger partial charge in [0.25, 0.3) is 0 Å². The monoisotopic (exact) mass is 481 g/mol. The number of rotatable bonds is 10. The number of sulfonamides is 1. The van der Waals surface area contributed by atoms with Gasteiger partial charge in [-0.1, -0.05) is 36.7 Å². The smallest absolute Gasteiger partial charge is 0.244 e. The number of anilines is 1. The number of amides is 2. The van der Waals surface area contributed by atoms with E-state index in [1.54, 1.807) is 56.5 Å². The Bertz CT molecular complexity index is 1040. The maximum absolute atomic E-state index is 13.4. The fourth-order valence-corrected chi connectivity index (χ4v) is 4.28. The van der Waals surface area contributed by atoms with Crippen LogP contribution in [0.1, 0.15) is 18.9 Å². The average molecular weight is 482 g/mol. The minimum Gasteiger partial charge on any atom is -0.497 e. The number of methoxy groups -OCH3 is 1. The summed E-state index contributed by atoms with van der Waals surface area (Å²) in [6.07, 6.45) is 1.38. The Hall–Kier alpha value is -2.78. The van der Waals surface area contributed by atoms with E-state index in [2.05, 4.69) is 5.32 Å². The summed E-state index contributed by atoms with van der Waals surface area (Å²) in [5.41, 5.74) is 1.04. The van der Waals surface area contributed by atoms with Gasteiger partial charge in [-0.25, -0.2) is 8.42 Å². The van der Waals surface area contributed by atoms with Crippen LogP contribution in [0.25, 0.3) is 0 Å². The maximum Gasteiger partial charge on any atom is 0.244 e. The standard InChI is InChI=1S/C22H28ClN3O5S/c1-5-20(22(28)24-2)25(14-16-9-11-19(31-3)12-10-16)21(27)15-26(32(4,29)30)18-8-6-7-17(23)13-18/h6-13,20H,5,14-15H2,1-4H3,(H,24,28)/t20-/m0/s1. The van der Waals surface area contributed by atoms with Gasteiger partial charge < -0.3 is 15.0 Å². The summed E-state index contributed by atoms with van der Waals surface area (Å²) >= 11 is 6.02. The zero-order valence-electron chi connectivity index (χ0n) is 18.5. The second-order valence-corrected chi connectivity index (χ2v) is 9.50. The van der Waals surface area contributed by atoms with Gasteiger partial charge in [-0.15, -0.1) is 0 Å². The van der Waals surface area contributed by atoms with Gasteiger partial charge in [-0.2, -0.15) is 0 Å². The number of nitrogens with one attached hydrogen (secondary N) is 1. The van der Waals surface area contributed by atoms with Crippen molar-refractivity contribution >= 4 is 39.1 Å². The molecule has 10 heteroatoms. The van der Waals surface area contributed by atoms with E-state index in [0.29, 0.717) is 17.2 Å². The van der Waals surface area contributed by atoms with Crippen molar-refractivity contribution in [3.8, 4) is 5.75 Å². The molecule has 2 amide bonds. The molecule has 1 N–H and O–H groups in total. The molecule has 1 atom stereocenters. The Morgan fingerprint density at radius 1 is 1.16 bits per heavy atom. The van der Waals surface area contributed by atoms with Crippen molar-refractivity contribution in [3.05, 3.63) is 59.1 Å². The van der Waals surface area contributed by atoms with Crippen molar-refractivity contribution in [3.63, 3.8) is 0 Å². The Morgan fingerprint density at radius 2 is 1.81 bits per heavy atom. The Balaban J connectivity index is 2.41.